The Balaban J connectivity index is -0.0000000575. The van der Waals surface area contributed by atoms with E-state index in [1.165, 1.54) is 0 Å². The molecule has 0 unspecified atom stereocenters. The fourth-order valence-corrected chi connectivity index (χ4v) is 0. The van der Waals surface area contributed by atoms with Gasteiger partial charge in [0.05, 0.1) is 0 Å². The third-order valence-electron chi connectivity index (χ3n) is 0. The Kier molecular flexibility index (Phi) is 31.8. The molecule has 6 heteroatoms. The maximum atomic E-state index is 8.25. The number of thiol groups is 1. The van der Waals surface area contributed by atoms with Gasteiger partial charge in [-0.05, 0) is 0 Å². The van der Waals surface area contributed by atoms with E-state index >= 15 is 0 Å². The summed E-state index contributed by atoms with van der Waals surface area (Å²) in [5, 5.41) is 8.25. The maximum Gasteiger partial charge on any atom is 1.00 e. The fraction of sp³-hybridized carbons (Fsp3) is 0. The van der Waals surface area contributed by atoms with Crippen LogP contribution in [0.5, 0.6) is 0 Å². The van der Waals surface area contributed by atoms with Crippen LogP contribution in [0.25, 0.3) is 0 Å². The van der Waals surface area contributed by atoms with Gasteiger partial charge in [0.2, 0.25) is 0 Å². The quantitative estimate of drug-likeness (QED) is 0.169. The van der Waals surface area contributed by atoms with Crippen LogP contribution in [-0.4, -0.2) is 10.8 Å². The minimum atomic E-state index is -0.500. The van der Waals surface area contributed by atoms with Crippen molar-refractivity contribution in [1.29, 1.82) is 0 Å². The molecule has 2 N–H and O–H groups in total. The topological polar surface area (TPSA) is 66.2 Å². The molecule has 0 aromatic heterocycles. The zero-order chi connectivity index (χ0) is 6.28. The fourth-order valence-electron chi connectivity index (χ4n) is 0. The third kappa shape index (κ3) is 163. The third-order valence-corrected chi connectivity index (χ3v) is 0. The van der Waals surface area contributed by atoms with Crippen LogP contribution in [0.4, 0.5) is 0 Å². The standard InChI is InChI=1S/CH3NS2.CH2O2.K/c2-1(3)4;2-1-3;/h(H3,2,3,4);1H,(H,2,3);/q;;+1/p-1. The van der Waals surface area contributed by atoms with E-state index in [0.29, 0.717) is 0 Å². The molecule has 0 aromatic carbocycles. The van der Waals surface area contributed by atoms with E-state index in [2.05, 4.69) is 24.8 Å². The molecule has 0 aliphatic carbocycles. The summed E-state index contributed by atoms with van der Waals surface area (Å²) in [5.41, 5.74) is 4.71. The predicted molar refractivity (Wildman–Crippen MR) is 31.8 cm³/mol. The van der Waals surface area contributed by atoms with Crippen molar-refractivity contribution < 1.29 is 61.3 Å². The molecule has 0 saturated carbocycles. The van der Waals surface area contributed by atoms with Crippen molar-refractivity contribution in [2.45, 2.75) is 0 Å². The largest absolute Gasteiger partial charge is 1.00 e. The van der Waals surface area contributed by atoms with Gasteiger partial charge in [-0.25, -0.2) is 0 Å². The van der Waals surface area contributed by atoms with Crippen LogP contribution in [0.2, 0.25) is 0 Å². The second-order valence-electron chi connectivity index (χ2n) is 0.434. The summed E-state index contributed by atoms with van der Waals surface area (Å²) in [7, 11) is 0. The number of thiocarbonyl (C=S) groups is 1. The molecule has 0 amide bonds. The molecule has 0 aliphatic rings. The molecule has 0 radical (unpaired) electrons. The Morgan fingerprint density at radius 1 is 1.88 bits per heavy atom. The SMILES string of the molecule is NC(=S)S.O=C[O-].[K+]. The molecular formula is C2H4KNO2S2. The van der Waals surface area contributed by atoms with E-state index in [-0.39, 0.29) is 55.7 Å². The van der Waals surface area contributed by atoms with Crippen molar-refractivity contribution in [3.8, 4) is 0 Å². The van der Waals surface area contributed by atoms with Gasteiger partial charge in [-0.15, -0.1) is 12.6 Å². The summed E-state index contributed by atoms with van der Waals surface area (Å²) in [6, 6.07) is 0. The van der Waals surface area contributed by atoms with Crippen molar-refractivity contribution in [3.05, 3.63) is 0 Å². The second-order valence-corrected chi connectivity index (χ2v) is 1.66. The predicted octanol–water partition coefficient (Wildman–Crippen LogP) is -4.47. The summed E-state index contributed by atoms with van der Waals surface area (Å²) in [4.78, 5) is 8.25. The molecule has 0 bridgehead atoms. The first-order chi connectivity index (χ1) is 3.15. The van der Waals surface area contributed by atoms with E-state index in [0.717, 1.165) is 0 Å². The summed E-state index contributed by atoms with van der Waals surface area (Å²) < 4.78 is 0.194. The van der Waals surface area contributed by atoms with E-state index in [1.54, 1.807) is 0 Å². The molecule has 0 saturated heterocycles. The van der Waals surface area contributed by atoms with E-state index in [1.807, 2.05) is 0 Å². The molecule has 0 atom stereocenters. The molecule has 3 nitrogen and oxygen atoms in total. The van der Waals surface area contributed by atoms with Crippen LogP contribution >= 0.6 is 24.8 Å². The van der Waals surface area contributed by atoms with Gasteiger partial charge in [0.15, 0.2) is 0 Å². The zero-order valence-electron chi connectivity index (χ0n) is 4.33. The molecule has 0 heterocycles. The smallest absolute Gasteiger partial charge is 0.554 e. The molecule has 42 valence electrons. The van der Waals surface area contributed by atoms with Gasteiger partial charge in [0, 0.05) is 6.47 Å². The number of hydrogen-bond donors (Lipinski definition) is 2. The molecule has 0 spiro atoms. The normalized spacial score (nSPS) is 4.62. The van der Waals surface area contributed by atoms with Crippen LogP contribution < -0.4 is 62.2 Å². The van der Waals surface area contributed by atoms with Crippen LogP contribution in [0, 0.1) is 0 Å². The van der Waals surface area contributed by atoms with Crippen molar-refractivity contribution in [3.63, 3.8) is 0 Å². The van der Waals surface area contributed by atoms with Crippen LogP contribution in [0.15, 0.2) is 0 Å². The minimum Gasteiger partial charge on any atom is -0.554 e. The van der Waals surface area contributed by atoms with Crippen LogP contribution in [0.1, 0.15) is 0 Å². The van der Waals surface area contributed by atoms with Gasteiger partial charge < -0.3 is 15.6 Å². The molecule has 0 aliphatic heterocycles. The van der Waals surface area contributed by atoms with E-state index in [4.69, 9.17) is 15.6 Å². The average molecular weight is 177 g/mol. The number of rotatable bonds is 0. The molecule has 0 aromatic rings. The Hall–Kier alpha value is 1.35. The van der Waals surface area contributed by atoms with Crippen molar-refractivity contribution in [2.24, 2.45) is 5.73 Å². The average Bonchev–Trinajstić information content (AvgIpc) is 1.33. The Morgan fingerprint density at radius 3 is 1.88 bits per heavy atom. The molecule has 8 heavy (non-hydrogen) atoms. The van der Waals surface area contributed by atoms with Gasteiger partial charge in [-0.3, -0.25) is 0 Å². The molecule has 0 rings (SSSR count). The number of nitrogens with two attached hydrogens (primary N) is 1. The van der Waals surface area contributed by atoms with Gasteiger partial charge in [0.1, 0.15) is 4.32 Å². The summed E-state index contributed by atoms with van der Waals surface area (Å²) in [6.45, 7) is -0.500. The summed E-state index contributed by atoms with van der Waals surface area (Å²) >= 11 is 7.65. The molecule has 0 fully saturated rings. The number of carboxylic acid groups (broad SMARTS) is 1. The second kappa shape index (κ2) is 15.8. The Labute approximate surface area is 101 Å². The minimum absolute atomic E-state index is 0. The Bertz CT molecular complexity index is 65.1. The zero-order valence-corrected chi connectivity index (χ0v) is 9.16. The number of carbonyl (C=O) groups excluding carboxylic acids is 1. The van der Waals surface area contributed by atoms with Crippen molar-refractivity contribution >= 4 is 35.6 Å². The number of hydrogen-bond acceptors (Lipinski definition) is 3. The van der Waals surface area contributed by atoms with Gasteiger partial charge >= 0.3 is 51.4 Å². The first-order valence-corrected chi connectivity index (χ1v) is 2.04. The summed E-state index contributed by atoms with van der Waals surface area (Å²) in [5.74, 6) is 0. The van der Waals surface area contributed by atoms with Crippen molar-refractivity contribution in [2.75, 3.05) is 0 Å². The van der Waals surface area contributed by atoms with E-state index < -0.39 is 6.47 Å². The monoisotopic (exact) mass is 177 g/mol. The van der Waals surface area contributed by atoms with Crippen molar-refractivity contribution in [1.82, 2.24) is 0 Å². The van der Waals surface area contributed by atoms with Gasteiger partial charge in [-0.1, -0.05) is 12.2 Å². The van der Waals surface area contributed by atoms with Gasteiger partial charge in [0.25, 0.3) is 0 Å². The Morgan fingerprint density at radius 2 is 1.88 bits per heavy atom. The first-order valence-electron chi connectivity index (χ1n) is 1.19. The van der Waals surface area contributed by atoms with E-state index in [9.17, 15) is 0 Å². The van der Waals surface area contributed by atoms with Crippen LogP contribution in [0.3, 0.4) is 0 Å². The van der Waals surface area contributed by atoms with Gasteiger partial charge in [-0.2, -0.15) is 0 Å². The maximum absolute atomic E-state index is 8.25. The van der Waals surface area contributed by atoms with Crippen LogP contribution in [-0.2, 0) is 4.79 Å². The summed E-state index contributed by atoms with van der Waals surface area (Å²) in [6.07, 6.45) is 0. The molecular weight excluding hydrogens is 173 g/mol. The first kappa shape index (κ1) is 16.2. The number of carbonyl (C=O) groups is 1.